The predicted octanol–water partition coefficient (Wildman–Crippen LogP) is 6.44. The third-order valence-corrected chi connectivity index (χ3v) is 14.9. The molecule has 0 nitrogen and oxygen atoms in total. The van der Waals surface area contributed by atoms with Gasteiger partial charge < -0.3 is 0 Å². The summed E-state index contributed by atoms with van der Waals surface area (Å²) >= 11 is 4.18. The summed E-state index contributed by atoms with van der Waals surface area (Å²) in [6.45, 7) is 0. The standard InChI is InChI=1S/C25H19BrF3P/c26-30(20-10-4-1-5-11-20,21-12-6-2-7-13-21,22-14-8-3-9-15-22)18-19-16-24(28)25(29)17-23(19)27/h1-17H,18H2. The molecule has 4 aromatic rings. The monoisotopic (exact) mass is 486 g/mol. The Bertz CT molecular complexity index is 1070. The van der Waals surface area contributed by atoms with Crippen LogP contribution in [0.3, 0.4) is 0 Å². The first-order valence-electron chi connectivity index (χ1n) is 9.46. The first kappa shape index (κ1) is 20.8. The Balaban J connectivity index is 2.11. The minimum atomic E-state index is -3.47. The van der Waals surface area contributed by atoms with E-state index in [1.807, 2.05) is 91.0 Å². The van der Waals surface area contributed by atoms with Crippen molar-refractivity contribution in [3.63, 3.8) is 0 Å². The molecule has 0 radical (unpaired) electrons. The van der Waals surface area contributed by atoms with Gasteiger partial charge in [-0.2, -0.15) is 0 Å². The van der Waals surface area contributed by atoms with E-state index in [0.717, 1.165) is 22.0 Å². The van der Waals surface area contributed by atoms with Gasteiger partial charge in [0.05, 0.1) is 0 Å². The molecule has 5 heteroatoms. The van der Waals surface area contributed by atoms with Gasteiger partial charge in [-0.3, -0.25) is 0 Å². The van der Waals surface area contributed by atoms with Gasteiger partial charge in [0.2, 0.25) is 0 Å². The van der Waals surface area contributed by atoms with Crippen LogP contribution < -0.4 is 15.9 Å². The van der Waals surface area contributed by atoms with Crippen molar-refractivity contribution in [3.05, 3.63) is 126 Å². The number of halogens is 4. The van der Waals surface area contributed by atoms with Gasteiger partial charge >= 0.3 is 182 Å². The Morgan fingerprint density at radius 3 is 1.30 bits per heavy atom. The minimum absolute atomic E-state index is 0.125. The van der Waals surface area contributed by atoms with Crippen LogP contribution >= 0.6 is 20.8 Å². The van der Waals surface area contributed by atoms with Gasteiger partial charge in [0.15, 0.2) is 0 Å². The zero-order chi connectivity index (χ0) is 21.2. The first-order valence-corrected chi connectivity index (χ1v) is 13.9. The van der Waals surface area contributed by atoms with Crippen molar-refractivity contribution in [1.29, 1.82) is 0 Å². The number of hydrogen-bond acceptors (Lipinski definition) is 0. The van der Waals surface area contributed by atoms with Crippen LogP contribution in [0.2, 0.25) is 0 Å². The molecule has 0 fully saturated rings. The fourth-order valence-electron chi connectivity index (χ4n) is 3.94. The summed E-state index contributed by atoms with van der Waals surface area (Å²) in [6, 6.07) is 31.0. The van der Waals surface area contributed by atoms with E-state index in [-0.39, 0.29) is 11.7 Å². The fraction of sp³-hybridized carbons (Fsp3) is 0.0400. The van der Waals surface area contributed by atoms with Crippen molar-refractivity contribution < 1.29 is 13.2 Å². The van der Waals surface area contributed by atoms with E-state index >= 15 is 0 Å². The summed E-state index contributed by atoms with van der Waals surface area (Å²) in [4.78, 5) is 0. The summed E-state index contributed by atoms with van der Waals surface area (Å²) < 4.78 is 42.6. The maximum atomic E-state index is 14.9. The van der Waals surface area contributed by atoms with E-state index in [4.69, 9.17) is 0 Å². The molecule has 0 unspecified atom stereocenters. The first-order chi connectivity index (χ1) is 14.4. The van der Waals surface area contributed by atoms with Gasteiger partial charge in [-0.15, -0.1) is 0 Å². The zero-order valence-electron chi connectivity index (χ0n) is 16.0. The molecule has 4 aromatic carbocycles. The average molecular weight is 487 g/mol. The van der Waals surface area contributed by atoms with E-state index < -0.39 is 22.8 Å². The second kappa shape index (κ2) is 8.02. The summed E-state index contributed by atoms with van der Waals surface area (Å²) in [7, 11) is 0. The Labute approximate surface area is 182 Å². The predicted molar refractivity (Wildman–Crippen MR) is 124 cm³/mol. The number of hydrogen-bond donors (Lipinski definition) is 0. The van der Waals surface area contributed by atoms with E-state index in [9.17, 15) is 13.2 Å². The van der Waals surface area contributed by atoms with Gasteiger partial charge in [0.25, 0.3) is 0 Å². The van der Waals surface area contributed by atoms with Gasteiger partial charge in [0.1, 0.15) is 0 Å². The number of rotatable bonds is 5. The second-order valence-corrected chi connectivity index (χ2v) is 16.1. The molecule has 0 atom stereocenters. The van der Waals surface area contributed by atoms with Crippen LogP contribution in [0, 0.1) is 17.5 Å². The van der Waals surface area contributed by atoms with E-state index in [1.165, 1.54) is 0 Å². The molecule has 0 aliphatic carbocycles. The molecule has 0 amide bonds. The summed E-state index contributed by atoms with van der Waals surface area (Å²) in [5.41, 5.74) is 0.125. The third kappa shape index (κ3) is 3.38. The molecule has 4 rings (SSSR count). The van der Waals surface area contributed by atoms with Crippen LogP contribution in [0.1, 0.15) is 5.56 Å². The molecule has 0 bridgehead atoms. The van der Waals surface area contributed by atoms with Crippen molar-refractivity contribution in [3.8, 4) is 0 Å². The molecule has 0 saturated heterocycles. The van der Waals surface area contributed by atoms with Crippen molar-refractivity contribution in [2.45, 2.75) is 6.16 Å². The number of benzene rings is 4. The van der Waals surface area contributed by atoms with Crippen LogP contribution in [-0.2, 0) is 6.16 Å². The van der Waals surface area contributed by atoms with Gasteiger partial charge in [-0.1, -0.05) is 0 Å². The Kier molecular flexibility index (Phi) is 5.57. The van der Waals surface area contributed by atoms with Crippen LogP contribution in [0.4, 0.5) is 13.2 Å². The molecule has 152 valence electrons. The van der Waals surface area contributed by atoms with Crippen LogP contribution in [0.25, 0.3) is 0 Å². The van der Waals surface area contributed by atoms with Crippen molar-refractivity contribution in [1.82, 2.24) is 0 Å². The summed E-state index contributed by atoms with van der Waals surface area (Å²) in [6.07, 6.45) is 0.159. The summed E-state index contributed by atoms with van der Waals surface area (Å²) in [5, 5.41) is -0.541. The van der Waals surface area contributed by atoms with Crippen molar-refractivity contribution in [2.75, 3.05) is 0 Å². The SMILES string of the molecule is Fc1cc(F)c(CP(Br)(c2ccccc2)(c2ccccc2)c2ccccc2)cc1F. The Hall–Kier alpha value is -2.42. The van der Waals surface area contributed by atoms with Gasteiger partial charge in [-0.25, -0.2) is 0 Å². The Morgan fingerprint density at radius 2 is 0.900 bits per heavy atom. The molecule has 0 saturated carbocycles. The Morgan fingerprint density at radius 1 is 0.533 bits per heavy atom. The van der Waals surface area contributed by atoms with Gasteiger partial charge in [0, 0.05) is 0 Å². The third-order valence-electron chi connectivity index (χ3n) is 5.44. The maximum absolute atomic E-state index is 14.9. The van der Waals surface area contributed by atoms with Crippen LogP contribution in [-0.4, -0.2) is 0 Å². The van der Waals surface area contributed by atoms with E-state index in [0.29, 0.717) is 6.07 Å². The van der Waals surface area contributed by atoms with E-state index in [1.54, 1.807) is 0 Å². The summed E-state index contributed by atoms with van der Waals surface area (Å²) in [5.74, 6) is -3.01. The quantitative estimate of drug-likeness (QED) is 0.225. The molecular weight excluding hydrogens is 468 g/mol. The molecule has 0 aromatic heterocycles. The molecule has 30 heavy (non-hydrogen) atoms. The molecule has 0 aliphatic rings. The van der Waals surface area contributed by atoms with Crippen molar-refractivity contribution in [2.24, 2.45) is 0 Å². The topological polar surface area (TPSA) is 0 Å². The molecule has 0 aliphatic heterocycles. The normalized spacial score (nSPS) is 12.9. The molecule has 0 heterocycles. The fourth-order valence-corrected chi connectivity index (χ4v) is 11.6. The zero-order valence-corrected chi connectivity index (χ0v) is 18.5. The van der Waals surface area contributed by atoms with Gasteiger partial charge in [-0.05, 0) is 0 Å². The van der Waals surface area contributed by atoms with Crippen LogP contribution in [0.15, 0.2) is 103 Å². The average Bonchev–Trinajstić information content (AvgIpc) is 2.79. The van der Waals surface area contributed by atoms with Crippen molar-refractivity contribution >= 4 is 36.7 Å². The van der Waals surface area contributed by atoms with Crippen LogP contribution in [0.5, 0.6) is 0 Å². The molecular formula is C25H19BrF3P. The molecule has 0 N–H and O–H groups in total. The second-order valence-electron chi connectivity index (χ2n) is 7.21. The molecule has 0 spiro atoms. The van der Waals surface area contributed by atoms with E-state index in [2.05, 4.69) is 15.5 Å².